The summed E-state index contributed by atoms with van der Waals surface area (Å²) in [6.45, 7) is 6.67. The van der Waals surface area contributed by atoms with E-state index in [-0.39, 0.29) is 11.3 Å². The Bertz CT molecular complexity index is 478. The molecule has 1 nitrogen and oxygen atoms in total. The molecule has 0 aromatic heterocycles. The molecule has 20 heavy (non-hydrogen) atoms. The number of benzene rings is 1. The lowest BCUT2D eigenvalue weighted by Crippen LogP contribution is -2.36. The normalized spacial score (nSPS) is 19.2. The van der Waals surface area contributed by atoms with E-state index in [1.165, 1.54) is 0 Å². The molecule has 1 saturated carbocycles. The first-order chi connectivity index (χ1) is 9.39. The SMILES string of the molecule is CC(C)(C)CC(C#Cc1ccccc1)C1(O)CCCC1. The van der Waals surface area contributed by atoms with Crippen LogP contribution in [0.15, 0.2) is 30.3 Å². The Kier molecular flexibility index (Phi) is 4.55. The van der Waals surface area contributed by atoms with E-state index in [2.05, 4.69) is 32.6 Å². The number of hydrogen-bond donors (Lipinski definition) is 1. The van der Waals surface area contributed by atoms with Crippen LogP contribution < -0.4 is 0 Å². The minimum Gasteiger partial charge on any atom is -0.389 e. The van der Waals surface area contributed by atoms with E-state index >= 15 is 0 Å². The third-order valence-electron chi connectivity index (χ3n) is 4.10. The van der Waals surface area contributed by atoms with E-state index in [0.717, 1.165) is 37.7 Å². The average Bonchev–Trinajstić information content (AvgIpc) is 2.82. The summed E-state index contributed by atoms with van der Waals surface area (Å²) >= 11 is 0. The summed E-state index contributed by atoms with van der Waals surface area (Å²) in [5, 5.41) is 10.9. The molecular formula is C19H26O. The third-order valence-corrected chi connectivity index (χ3v) is 4.10. The van der Waals surface area contributed by atoms with Gasteiger partial charge in [0.1, 0.15) is 0 Å². The van der Waals surface area contributed by atoms with Crippen LogP contribution in [0, 0.1) is 23.2 Å². The summed E-state index contributed by atoms with van der Waals surface area (Å²) in [6, 6.07) is 10.1. The van der Waals surface area contributed by atoms with Crippen molar-refractivity contribution in [2.75, 3.05) is 0 Å². The van der Waals surface area contributed by atoms with Crippen LogP contribution in [0.2, 0.25) is 0 Å². The van der Waals surface area contributed by atoms with Crippen molar-refractivity contribution in [3.05, 3.63) is 35.9 Å². The lowest BCUT2D eigenvalue weighted by Gasteiger charge is -2.33. The molecule has 0 heterocycles. The number of aliphatic hydroxyl groups is 1. The Morgan fingerprint density at radius 2 is 1.75 bits per heavy atom. The van der Waals surface area contributed by atoms with Crippen molar-refractivity contribution in [3.8, 4) is 11.8 Å². The van der Waals surface area contributed by atoms with Crippen LogP contribution in [0.1, 0.15) is 58.4 Å². The number of rotatable bonds is 2. The summed E-state index contributed by atoms with van der Waals surface area (Å²) in [4.78, 5) is 0. The fraction of sp³-hybridized carbons (Fsp3) is 0.579. The van der Waals surface area contributed by atoms with Crippen LogP contribution in [-0.4, -0.2) is 10.7 Å². The quantitative estimate of drug-likeness (QED) is 0.790. The highest BCUT2D eigenvalue weighted by Crippen LogP contribution is 2.40. The summed E-state index contributed by atoms with van der Waals surface area (Å²) in [5.74, 6) is 6.71. The van der Waals surface area contributed by atoms with Gasteiger partial charge in [-0.15, -0.1) is 0 Å². The van der Waals surface area contributed by atoms with E-state index in [9.17, 15) is 5.11 Å². The molecule has 0 amide bonds. The van der Waals surface area contributed by atoms with E-state index in [0.29, 0.717) is 0 Å². The molecular weight excluding hydrogens is 244 g/mol. The summed E-state index contributed by atoms with van der Waals surface area (Å²) in [7, 11) is 0. The minimum atomic E-state index is -0.574. The second kappa shape index (κ2) is 6.02. The number of hydrogen-bond acceptors (Lipinski definition) is 1. The molecule has 1 unspecified atom stereocenters. The summed E-state index contributed by atoms with van der Waals surface area (Å²) in [6.07, 6.45) is 5.01. The molecule has 1 aliphatic carbocycles. The maximum atomic E-state index is 10.9. The van der Waals surface area contributed by atoms with Gasteiger partial charge in [0.2, 0.25) is 0 Å². The standard InChI is InChI=1S/C19H26O/c1-18(2,3)15-17(19(20)13-7-8-14-19)12-11-16-9-5-4-6-10-16/h4-6,9-10,17,20H,7-8,13-15H2,1-3H3. The minimum absolute atomic E-state index is 0.0743. The highest BCUT2D eigenvalue weighted by atomic mass is 16.3. The lowest BCUT2D eigenvalue weighted by molar-refractivity contribution is -0.00393. The van der Waals surface area contributed by atoms with Crippen molar-refractivity contribution in [2.24, 2.45) is 11.3 Å². The van der Waals surface area contributed by atoms with Gasteiger partial charge >= 0.3 is 0 Å². The summed E-state index contributed by atoms with van der Waals surface area (Å²) in [5.41, 5.74) is 0.650. The van der Waals surface area contributed by atoms with Gasteiger partial charge in [-0.25, -0.2) is 0 Å². The average molecular weight is 270 g/mol. The smallest absolute Gasteiger partial charge is 0.0784 e. The zero-order valence-electron chi connectivity index (χ0n) is 12.9. The fourth-order valence-electron chi connectivity index (χ4n) is 3.02. The van der Waals surface area contributed by atoms with Gasteiger partial charge in [0.05, 0.1) is 5.60 Å². The van der Waals surface area contributed by atoms with Crippen LogP contribution >= 0.6 is 0 Å². The molecule has 108 valence electrons. The fourth-order valence-corrected chi connectivity index (χ4v) is 3.02. The van der Waals surface area contributed by atoms with Crippen molar-refractivity contribution >= 4 is 0 Å². The van der Waals surface area contributed by atoms with E-state index in [1.807, 2.05) is 30.3 Å². The largest absolute Gasteiger partial charge is 0.389 e. The molecule has 1 fully saturated rings. The molecule has 0 bridgehead atoms. The van der Waals surface area contributed by atoms with Crippen LogP contribution in [0.5, 0.6) is 0 Å². The molecule has 1 aliphatic rings. The Balaban J connectivity index is 2.21. The van der Waals surface area contributed by atoms with Gasteiger partial charge in [-0.05, 0) is 36.8 Å². The van der Waals surface area contributed by atoms with Gasteiger partial charge in [-0.3, -0.25) is 0 Å². The van der Waals surface area contributed by atoms with Crippen LogP contribution in [0.25, 0.3) is 0 Å². The molecule has 1 heteroatoms. The summed E-state index contributed by atoms with van der Waals surface area (Å²) < 4.78 is 0. The van der Waals surface area contributed by atoms with Gasteiger partial charge < -0.3 is 5.11 Å². The molecule has 0 radical (unpaired) electrons. The molecule has 1 N–H and O–H groups in total. The lowest BCUT2D eigenvalue weighted by atomic mass is 9.75. The first-order valence-electron chi connectivity index (χ1n) is 7.68. The van der Waals surface area contributed by atoms with Gasteiger partial charge in [-0.2, -0.15) is 0 Å². The Morgan fingerprint density at radius 3 is 2.30 bits per heavy atom. The van der Waals surface area contributed by atoms with Crippen molar-refractivity contribution in [1.82, 2.24) is 0 Å². The predicted molar refractivity (Wildman–Crippen MR) is 84.3 cm³/mol. The molecule has 2 rings (SSSR count). The van der Waals surface area contributed by atoms with Crippen molar-refractivity contribution < 1.29 is 5.11 Å². The van der Waals surface area contributed by atoms with Crippen molar-refractivity contribution in [1.29, 1.82) is 0 Å². The highest BCUT2D eigenvalue weighted by molar-refractivity contribution is 5.34. The molecule has 0 spiro atoms. The monoisotopic (exact) mass is 270 g/mol. The molecule has 1 aromatic rings. The van der Waals surface area contributed by atoms with Gasteiger partial charge in [0.15, 0.2) is 0 Å². The van der Waals surface area contributed by atoms with Gasteiger partial charge in [0, 0.05) is 11.5 Å². The van der Waals surface area contributed by atoms with Crippen LogP contribution in [0.4, 0.5) is 0 Å². The zero-order chi connectivity index (χ0) is 14.6. The molecule has 0 saturated heterocycles. The van der Waals surface area contributed by atoms with Crippen LogP contribution in [0.3, 0.4) is 0 Å². The van der Waals surface area contributed by atoms with E-state index in [1.54, 1.807) is 0 Å². The highest BCUT2D eigenvalue weighted by Gasteiger charge is 2.40. The predicted octanol–water partition coefficient (Wildman–Crippen LogP) is 4.40. The third kappa shape index (κ3) is 4.12. The van der Waals surface area contributed by atoms with Gasteiger partial charge in [0.25, 0.3) is 0 Å². The van der Waals surface area contributed by atoms with Gasteiger partial charge in [-0.1, -0.05) is 63.7 Å². The maximum Gasteiger partial charge on any atom is 0.0784 e. The molecule has 0 aliphatic heterocycles. The zero-order valence-corrected chi connectivity index (χ0v) is 12.9. The molecule has 1 atom stereocenters. The van der Waals surface area contributed by atoms with E-state index in [4.69, 9.17) is 0 Å². The van der Waals surface area contributed by atoms with Crippen LogP contribution in [-0.2, 0) is 0 Å². The first-order valence-corrected chi connectivity index (χ1v) is 7.68. The van der Waals surface area contributed by atoms with E-state index < -0.39 is 5.60 Å². The molecule has 1 aromatic carbocycles. The second-order valence-electron chi connectivity index (χ2n) is 7.26. The van der Waals surface area contributed by atoms with Crippen molar-refractivity contribution in [2.45, 2.75) is 58.5 Å². The maximum absolute atomic E-state index is 10.9. The second-order valence-corrected chi connectivity index (χ2v) is 7.26. The Morgan fingerprint density at radius 1 is 1.15 bits per heavy atom. The Labute approximate surface area is 123 Å². The Hall–Kier alpha value is -1.26. The first kappa shape index (κ1) is 15.1. The van der Waals surface area contributed by atoms with Crippen molar-refractivity contribution in [3.63, 3.8) is 0 Å². The topological polar surface area (TPSA) is 20.2 Å².